The van der Waals surface area contributed by atoms with Crippen molar-refractivity contribution in [3.8, 4) is 0 Å². The lowest BCUT2D eigenvalue weighted by atomic mass is 10.1. The van der Waals surface area contributed by atoms with Gasteiger partial charge in [0, 0.05) is 0 Å². The summed E-state index contributed by atoms with van der Waals surface area (Å²) in [6, 6.07) is 11.6. The molecule has 0 saturated heterocycles. The van der Waals surface area contributed by atoms with Crippen LogP contribution in [0.25, 0.3) is 10.8 Å². The van der Waals surface area contributed by atoms with Gasteiger partial charge in [-0.1, -0.05) is 30.3 Å². The molecule has 18 heavy (non-hydrogen) atoms. The average Bonchev–Trinajstić information content (AvgIpc) is 2.26. The Hall–Kier alpha value is -2.12. The van der Waals surface area contributed by atoms with Crippen molar-refractivity contribution in [1.29, 1.82) is 0 Å². The minimum absolute atomic E-state index is 0.0833. The minimum Gasteiger partial charge on any atom is -0.744 e. The molecule has 0 saturated carbocycles. The maximum Gasteiger partial charge on any atom is 0.336 e. The third-order valence-electron chi connectivity index (χ3n) is 2.01. The van der Waals surface area contributed by atoms with Crippen molar-refractivity contribution in [2.24, 2.45) is 11.5 Å². The molecule has 0 bridgehead atoms. The number of hydrogen-bond acceptors (Lipinski definition) is 3. The monoisotopic (exact) mass is 267 g/mol. The van der Waals surface area contributed by atoms with Crippen molar-refractivity contribution in [2.45, 2.75) is 4.90 Å². The molecule has 0 heterocycles. The third kappa shape index (κ3) is 4.04. The smallest absolute Gasteiger partial charge is 0.336 e. The summed E-state index contributed by atoms with van der Waals surface area (Å²) >= 11 is 0. The Morgan fingerprint density at radius 3 is 2.06 bits per heavy atom. The SMILES string of the molecule is NC(N)=[NH2+].O=S(=O)([O-])c1ccc2ccccc2c1. The second kappa shape index (κ2) is 5.48. The first-order valence-electron chi connectivity index (χ1n) is 4.89. The molecule has 6 nitrogen and oxygen atoms in total. The Morgan fingerprint density at radius 2 is 1.56 bits per heavy atom. The predicted octanol–water partition coefficient (Wildman–Crippen LogP) is -1.24. The molecule has 96 valence electrons. The zero-order chi connectivity index (χ0) is 13.8. The zero-order valence-corrected chi connectivity index (χ0v) is 10.2. The summed E-state index contributed by atoms with van der Waals surface area (Å²) in [6.45, 7) is 0. The van der Waals surface area contributed by atoms with E-state index in [9.17, 15) is 13.0 Å². The van der Waals surface area contributed by atoms with E-state index in [0.29, 0.717) is 0 Å². The zero-order valence-electron chi connectivity index (χ0n) is 9.41. The molecule has 0 aliphatic rings. The van der Waals surface area contributed by atoms with Gasteiger partial charge in [0.2, 0.25) is 0 Å². The van der Waals surface area contributed by atoms with Gasteiger partial charge in [-0.05, 0) is 22.9 Å². The van der Waals surface area contributed by atoms with Crippen molar-refractivity contribution in [3.63, 3.8) is 0 Å². The van der Waals surface area contributed by atoms with Crippen molar-refractivity contribution < 1.29 is 18.4 Å². The number of benzene rings is 2. The first-order chi connectivity index (χ1) is 8.30. The molecule has 2 aromatic carbocycles. The van der Waals surface area contributed by atoms with Crippen LogP contribution in [0.4, 0.5) is 0 Å². The largest absolute Gasteiger partial charge is 0.744 e. The maximum atomic E-state index is 10.7. The van der Waals surface area contributed by atoms with Crippen LogP contribution in [0.5, 0.6) is 0 Å². The van der Waals surface area contributed by atoms with Gasteiger partial charge in [0.05, 0.1) is 4.90 Å². The standard InChI is InChI=1S/C10H8O3S.CH5N3/c11-14(12,13)10-6-5-8-3-1-2-4-9(8)7-10;2-1(3)4/h1-7H,(H,11,12,13);(H5,2,3,4). The molecule has 0 aliphatic heterocycles. The summed E-state index contributed by atoms with van der Waals surface area (Å²) in [5, 5.41) is 6.25. The van der Waals surface area contributed by atoms with Crippen molar-refractivity contribution in [1.82, 2.24) is 0 Å². The highest BCUT2D eigenvalue weighted by atomic mass is 32.2. The van der Waals surface area contributed by atoms with Crippen LogP contribution in [0, 0.1) is 0 Å². The molecule has 0 aromatic heterocycles. The van der Waals surface area contributed by atoms with Crippen LogP contribution in [0.3, 0.4) is 0 Å². The lowest BCUT2D eigenvalue weighted by Gasteiger charge is -2.07. The highest BCUT2D eigenvalue weighted by Gasteiger charge is 2.01. The van der Waals surface area contributed by atoms with Gasteiger partial charge in [-0.3, -0.25) is 16.9 Å². The van der Waals surface area contributed by atoms with E-state index in [-0.39, 0.29) is 10.9 Å². The molecule has 0 radical (unpaired) electrons. The first-order valence-corrected chi connectivity index (χ1v) is 6.29. The van der Waals surface area contributed by atoms with E-state index in [4.69, 9.17) is 0 Å². The molecule has 0 unspecified atom stereocenters. The van der Waals surface area contributed by atoms with Crippen LogP contribution in [-0.4, -0.2) is 18.9 Å². The molecular weight excluding hydrogens is 254 g/mol. The first kappa shape index (κ1) is 13.9. The van der Waals surface area contributed by atoms with E-state index >= 15 is 0 Å². The van der Waals surface area contributed by atoms with Crippen LogP contribution in [0.15, 0.2) is 47.4 Å². The third-order valence-corrected chi connectivity index (χ3v) is 2.84. The molecule has 6 N–H and O–H groups in total. The fourth-order valence-electron chi connectivity index (χ4n) is 1.32. The van der Waals surface area contributed by atoms with Crippen molar-refractivity contribution in [3.05, 3.63) is 42.5 Å². The van der Waals surface area contributed by atoms with E-state index in [1.807, 2.05) is 12.1 Å². The maximum absolute atomic E-state index is 10.7. The molecule has 0 atom stereocenters. The average molecular weight is 267 g/mol. The molecule has 2 rings (SSSR count). The van der Waals surface area contributed by atoms with E-state index in [1.54, 1.807) is 18.2 Å². The van der Waals surface area contributed by atoms with E-state index in [0.717, 1.165) is 10.8 Å². The molecule has 2 aromatic rings. The van der Waals surface area contributed by atoms with Crippen LogP contribution in [0.2, 0.25) is 0 Å². The quantitative estimate of drug-likeness (QED) is 0.337. The second-order valence-corrected chi connectivity index (χ2v) is 4.84. The predicted molar refractivity (Wildman–Crippen MR) is 67.2 cm³/mol. The molecular formula is C11H13N3O3S. The number of nitrogens with two attached hydrogens (primary N) is 3. The van der Waals surface area contributed by atoms with Crippen LogP contribution < -0.4 is 16.9 Å². The summed E-state index contributed by atoms with van der Waals surface area (Å²) in [5.74, 6) is -0.0833. The number of hydrogen-bond donors (Lipinski definition) is 3. The van der Waals surface area contributed by atoms with Gasteiger partial charge in [-0.2, -0.15) is 0 Å². The second-order valence-electron chi connectivity index (χ2n) is 3.46. The van der Waals surface area contributed by atoms with Gasteiger partial charge >= 0.3 is 5.96 Å². The normalized spacial score (nSPS) is 10.5. The summed E-state index contributed by atoms with van der Waals surface area (Å²) < 4.78 is 32.2. The fraction of sp³-hybridized carbons (Fsp3) is 0. The number of guanidine groups is 1. The van der Waals surface area contributed by atoms with Gasteiger partial charge in [0.1, 0.15) is 10.1 Å². The minimum atomic E-state index is -4.34. The van der Waals surface area contributed by atoms with Gasteiger partial charge in [-0.25, -0.2) is 8.42 Å². The van der Waals surface area contributed by atoms with Crippen LogP contribution in [0.1, 0.15) is 0 Å². The van der Waals surface area contributed by atoms with Crippen molar-refractivity contribution >= 4 is 26.9 Å². The lowest BCUT2D eigenvalue weighted by molar-refractivity contribution is -0.116. The van der Waals surface area contributed by atoms with Gasteiger partial charge in [0.15, 0.2) is 0 Å². The molecule has 0 amide bonds. The number of rotatable bonds is 1. The Morgan fingerprint density at radius 1 is 1.06 bits per heavy atom. The van der Waals surface area contributed by atoms with Crippen LogP contribution in [-0.2, 0) is 10.1 Å². The molecule has 0 fully saturated rings. The van der Waals surface area contributed by atoms with E-state index in [2.05, 4.69) is 16.9 Å². The van der Waals surface area contributed by atoms with Crippen molar-refractivity contribution in [2.75, 3.05) is 0 Å². The summed E-state index contributed by atoms with van der Waals surface area (Å²) in [7, 11) is -4.34. The molecule has 0 spiro atoms. The topological polar surface area (TPSA) is 135 Å². The Kier molecular flexibility index (Phi) is 4.24. The van der Waals surface area contributed by atoms with Gasteiger partial charge in [-0.15, -0.1) is 0 Å². The molecule has 7 heteroatoms. The molecule has 0 aliphatic carbocycles. The Bertz CT molecular complexity index is 664. The fourth-order valence-corrected chi connectivity index (χ4v) is 1.83. The lowest BCUT2D eigenvalue weighted by Crippen LogP contribution is -2.51. The Labute approximate surface area is 104 Å². The van der Waals surface area contributed by atoms with Gasteiger partial charge in [0.25, 0.3) is 0 Å². The highest BCUT2D eigenvalue weighted by molar-refractivity contribution is 7.85. The summed E-state index contributed by atoms with van der Waals surface area (Å²) in [5.41, 5.74) is 9.17. The van der Waals surface area contributed by atoms with Gasteiger partial charge < -0.3 is 4.55 Å². The summed E-state index contributed by atoms with van der Waals surface area (Å²) in [4.78, 5) is -0.184. The Balaban J connectivity index is 0.000000357. The van der Waals surface area contributed by atoms with Crippen LogP contribution >= 0.6 is 0 Å². The van der Waals surface area contributed by atoms with E-state index in [1.165, 1.54) is 12.1 Å². The van der Waals surface area contributed by atoms with E-state index < -0.39 is 10.1 Å². The number of fused-ring (bicyclic) bond motifs is 1. The highest BCUT2D eigenvalue weighted by Crippen LogP contribution is 2.18. The summed E-state index contributed by atoms with van der Waals surface area (Å²) in [6.07, 6.45) is 0.